The summed E-state index contributed by atoms with van der Waals surface area (Å²) in [5.41, 5.74) is 4.45. The lowest BCUT2D eigenvalue weighted by Crippen LogP contribution is -2.25. The van der Waals surface area contributed by atoms with E-state index in [4.69, 9.17) is 4.42 Å². The van der Waals surface area contributed by atoms with Crippen molar-refractivity contribution in [1.29, 1.82) is 0 Å². The first kappa shape index (κ1) is 20.5. The van der Waals surface area contributed by atoms with E-state index < -0.39 is 4.92 Å². The minimum absolute atomic E-state index is 0.0296. The SMILES string of the molecule is Cc1ccc(-c2ccc(/C=N\NC(=O)CNc3ccc(I)cc3)o2)cc1[N+](=O)[O-]. The quantitative estimate of drug-likeness (QED) is 0.216. The van der Waals surface area contributed by atoms with Gasteiger partial charge in [0.25, 0.3) is 11.6 Å². The first-order valence-electron chi connectivity index (χ1n) is 8.59. The Morgan fingerprint density at radius 2 is 1.97 bits per heavy atom. The van der Waals surface area contributed by atoms with Crippen molar-refractivity contribution < 1.29 is 14.1 Å². The minimum Gasteiger partial charge on any atom is -0.455 e. The van der Waals surface area contributed by atoms with E-state index in [1.807, 2.05) is 24.3 Å². The van der Waals surface area contributed by atoms with Crippen LogP contribution in [0.15, 0.2) is 64.1 Å². The van der Waals surface area contributed by atoms with Crippen LogP contribution >= 0.6 is 22.6 Å². The van der Waals surface area contributed by atoms with Crippen molar-refractivity contribution in [2.75, 3.05) is 11.9 Å². The van der Waals surface area contributed by atoms with Crippen LogP contribution < -0.4 is 10.7 Å². The molecule has 0 aliphatic heterocycles. The summed E-state index contributed by atoms with van der Waals surface area (Å²) in [4.78, 5) is 22.5. The van der Waals surface area contributed by atoms with Gasteiger partial charge in [0, 0.05) is 26.5 Å². The van der Waals surface area contributed by atoms with Gasteiger partial charge in [-0.25, -0.2) is 5.43 Å². The predicted octanol–water partition coefficient (Wildman–Crippen LogP) is 4.33. The van der Waals surface area contributed by atoms with Crippen molar-refractivity contribution in [3.63, 3.8) is 0 Å². The fourth-order valence-corrected chi connectivity index (χ4v) is 2.85. The molecule has 29 heavy (non-hydrogen) atoms. The topological polar surface area (TPSA) is 110 Å². The number of nitro benzene ring substituents is 1. The number of furan rings is 1. The van der Waals surface area contributed by atoms with Crippen molar-refractivity contribution in [1.82, 2.24) is 5.43 Å². The maximum atomic E-state index is 11.9. The van der Waals surface area contributed by atoms with Crippen LogP contribution in [0.2, 0.25) is 0 Å². The Bertz CT molecular complexity index is 1060. The van der Waals surface area contributed by atoms with Gasteiger partial charge in [-0.15, -0.1) is 0 Å². The zero-order chi connectivity index (χ0) is 20.8. The lowest BCUT2D eigenvalue weighted by molar-refractivity contribution is -0.385. The van der Waals surface area contributed by atoms with Gasteiger partial charge in [-0.3, -0.25) is 14.9 Å². The third-order valence-electron chi connectivity index (χ3n) is 4.00. The van der Waals surface area contributed by atoms with Crippen molar-refractivity contribution in [2.45, 2.75) is 6.92 Å². The number of hydrogen-bond acceptors (Lipinski definition) is 6. The second-order valence-electron chi connectivity index (χ2n) is 6.11. The van der Waals surface area contributed by atoms with Crippen LogP contribution in [-0.4, -0.2) is 23.6 Å². The molecule has 8 nitrogen and oxygen atoms in total. The average molecular weight is 504 g/mol. The van der Waals surface area contributed by atoms with Gasteiger partial charge in [-0.05, 0) is 65.9 Å². The van der Waals surface area contributed by atoms with E-state index in [2.05, 4.69) is 38.4 Å². The number of hydrogen-bond donors (Lipinski definition) is 2. The van der Waals surface area contributed by atoms with Crippen molar-refractivity contribution in [3.8, 4) is 11.3 Å². The normalized spacial score (nSPS) is 10.8. The number of hydrazone groups is 1. The molecule has 3 aromatic rings. The number of carbonyl (C=O) groups excluding carboxylic acids is 1. The molecule has 0 radical (unpaired) electrons. The summed E-state index contributed by atoms with van der Waals surface area (Å²) in [7, 11) is 0. The van der Waals surface area contributed by atoms with Crippen molar-refractivity contribution in [2.24, 2.45) is 5.10 Å². The summed E-state index contributed by atoms with van der Waals surface area (Å²) in [6.07, 6.45) is 1.37. The number of rotatable bonds is 7. The number of aryl methyl sites for hydroxylation is 1. The molecule has 0 atom stereocenters. The number of nitrogens with one attached hydrogen (secondary N) is 2. The molecule has 2 N–H and O–H groups in total. The molecule has 0 fully saturated rings. The van der Waals surface area contributed by atoms with Gasteiger partial charge < -0.3 is 9.73 Å². The van der Waals surface area contributed by atoms with E-state index in [1.165, 1.54) is 12.3 Å². The van der Waals surface area contributed by atoms with E-state index in [0.29, 0.717) is 22.6 Å². The fraction of sp³-hybridized carbons (Fsp3) is 0.100. The second-order valence-corrected chi connectivity index (χ2v) is 7.36. The second kappa shape index (κ2) is 9.32. The van der Waals surface area contributed by atoms with Gasteiger partial charge in [-0.2, -0.15) is 5.10 Å². The third-order valence-corrected chi connectivity index (χ3v) is 4.71. The maximum absolute atomic E-state index is 11.9. The molecule has 0 aliphatic carbocycles. The summed E-state index contributed by atoms with van der Waals surface area (Å²) >= 11 is 2.21. The third kappa shape index (κ3) is 5.64. The Morgan fingerprint density at radius 1 is 1.21 bits per heavy atom. The number of anilines is 1. The zero-order valence-corrected chi connectivity index (χ0v) is 17.5. The van der Waals surface area contributed by atoms with E-state index in [-0.39, 0.29) is 18.1 Å². The number of benzene rings is 2. The Kier molecular flexibility index (Phi) is 6.60. The Balaban J connectivity index is 1.56. The van der Waals surface area contributed by atoms with E-state index in [0.717, 1.165) is 9.26 Å². The molecule has 148 valence electrons. The highest BCUT2D eigenvalue weighted by Crippen LogP contribution is 2.27. The first-order chi connectivity index (χ1) is 13.9. The van der Waals surface area contributed by atoms with Gasteiger partial charge in [0.15, 0.2) is 0 Å². The molecule has 1 aromatic heterocycles. The molecule has 0 bridgehead atoms. The first-order valence-corrected chi connectivity index (χ1v) is 9.67. The smallest absolute Gasteiger partial charge is 0.273 e. The summed E-state index contributed by atoms with van der Waals surface area (Å²) in [6.45, 7) is 1.76. The standard InChI is InChI=1S/C20H17IN4O4/c1-13-2-3-14(10-18(13)25(27)28)19-9-8-17(29-19)11-23-24-20(26)12-22-16-6-4-15(21)5-7-16/h2-11,22H,12H2,1H3,(H,24,26)/b23-11-. The number of amides is 1. The lowest BCUT2D eigenvalue weighted by atomic mass is 10.1. The molecule has 9 heteroatoms. The number of halogens is 1. The van der Waals surface area contributed by atoms with Crippen molar-refractivity contribution in [3.05, 3.63) is 79.6 Å². The zero-order valence-electron chi connectivity index (χ0n) is 15.4. The van der Waals surface area contributed by atoms with Gasteiger partial charge >= 0.3 is 0 Å². The minimum atomic E-state index is -0.427. The number of carbonyl (C=O) groups is 1. The summed E-state index contributed by atoms with van der Waals surface area (Å²) in [6, 6.07) is 15.9. The van der Waals surface area contributed by atoms with Gasteiger partial charge in [0.1, 0.15) is 11.5 Å². The number of nitro groups is 1. The van der Waals surface area contributed by atoms with Crippen LogP contribution in [-0.2, 0) is 4.79 Å². The molecule has 0 saturated carbocycles. The maximum Gasteiger partial charge on any atom is 0.273 e. The Labute approximate surface area is 180 Å². The van der Waals surface area contributed by atoms with Crippen LogP contribution in [0.1, 0.15) is 11.3 Å². The van der Waals surface area contributed by atoms with Crippen molar-refractivity contribution >= 4 is 46.1 Å². The lowest BCUT2D eigenvalue weighted by Gasteiger charge is -2.04. The number of nitrogens with zero attached hydrogens (tertiary/aromatic N) is 2. The van der Waals surface area contributed by atoms with Gasteiger partial charge in [0.2, 0.25) is 0 Å². The van der Waals surface area contributed by atoms with E-state index >= 15 is 0 Å². The highest BCUT2D eigenvalue weighted by Gasteiger charge is 2.13. The van der Waals surface area contributed by atoms with Crippen LogP contribution in [0.3, 0.4) is 0 Å². The Hall–Kier alpha value is -3.21. The van der Waals surface area contributed by atoms with Gasteiger partial charge in [-0.1, -0.05) is 12.1 Å². The van der Waals surface area contributed by atoms with Crippen LogP contribution in [0.4, 0.5) is 11.4 Å². The monoisotopic (exact) mass is 504 g/mol. The highest BCUT2D eigenvalue weighted by molar-refractivity contribution is 14.1. The van der Waals surface area contributed by atoms with Crippen LogP contribution in [0.5, 0.6) is 0 Å². The average Bonchev–Trinajstić information content (AvgIpc) is 3.16. The van der Waals surface area contributed by atoms with Crippen LogP contribution in [0.25, 0.3) is 11.3 Å². The molecule has 1 amide bonds. The molecule has 0 spiro atoms. The van der Waals surface area contributed by atoms with Crippen LogP contribution in [0, 0.1) is 20.6 Å². The molecular weight excluding hydrogens is 487 g/mol. The summed E-state index contributed by atoms with van der Waals surface area (Å²) in [5.74, 6) is 0.580. The predicted molar refractivity (Wildman–Crippen MR) is 119 cm³/mol. The van der Waals surface area contributed by atoms with E-state index in [1.54, 1.807) is 31.2 Å². The molecule has 0 saturated heterocycles. The molecule has 1 heterocycles. The largest absolute Gasteiger partial charge is 0.455 e. The molecule has 3 rings (SSSR count). The fourth-order valence-electron chi connectivity index (χ4n) is 2.49. The molecular formula is C20H17IN4O4. The molecule has 0 unspecified atom stereocenters. The molecule has 0 aliphatic rings. The Morgan fingerprint density at radius 3 is 2.69 bits per heavy atom. The summed E-state index contributed by atoms with van der Waals surface area (Å²) < 4.78 is 6.74. The van der Waals surface area contributed by atoms with E-state index in [9.17, 15) is 14.9 Å². The van der Waals surface area contributed by atoms with Gasteiger partial charge in [0.05, 0.1) is 17.7 Å². The summed E-state index contributed by atoms with van der Waals surface area (Å²) in [5, 5.41) is 17.9. The molecule has 2 aromatic carbocycles. The highest BCUT2D eigenvalue weighted by atomic mass is 127.